The Morgan fingerprint density at radius 2 is 1.67 bits per heavy atom. The van der Waals surface area contributed by atoms with Crippen molar-refractivity contribution in [3.8, 4) is 0 Å². The second-order valence-electron chi connectivity index (χ2n) is 4.98. The molecule has 0 unspecified atom stereocenters. The largest absolute Gasteiger partial charge is 0.344 e. The molecule has 0 bridgehead atoms. The summed E-state index contributed by atoms with van der Waals surface area (Å²) in [5.41, 5.74) is 5.47. The number of rotatable bonds is 9. The van der Waals surface area contributed by atoms with Crippen molar-refractivity contribution in [1.29, 1.82) is 0 Å². The number of carbonyl (C=O) groups excluding carboxylic acids is 1. The predicted molar refractivity (Wildman–Crippen MR) is 90.8 cm³/mol. The first-order chi connectivity index (χ1) is 10.3. The van der Waals surface area contributed by atoms with Gasteiger partial charge in [0.2, 0.25) is 5.91 Å². The van der Waals surface area contributed by atoms with E-state index >= 15 is 0 Å². The summed E-state index contributed by atoms with van der Waals surface area (Å²) < 4.78 is 0. The van der Waals surface area contributed by atoms with Crippen molar-refractivity contribution in [2.24, 2.45) is 5.73 Å². The van der Waals surface area contributed by atoms with Gasteiger partial charge in [-0.2, -0.15) is 0 Å². The molecule has 3 nitrogen and oxygen atoms in total. The van der Waals surface area contributed by atoms with Crippen LogP contribution in [-0.2, 0) is 4.79 Å². The minimum absolute atomic E-state index is 0.00143. The SMILES string of the molecule is NCCCCCCC(=O)NC(c1cccs1)c1cccs1. The topological polar surface area (TPSA) is 55.1 Å². The highest BCUT2D eigenvalue weighted by molar-refractivity contribution is 7.11. The summed E-state index contributed by atoms with van der Waals surface area (Å²) in [6, 6.07) is 8.22. The van der Waals surface area contributed by atoms with Crippen LogP contribution >= 0.6 is 22.7 Å². The fourth-order valence-electron chi connectivity index (χ4n) is 2.21. The highest BCUT2D eigenvalue weighted by atomic mass is 32.1. The average molecular weight is 322 g/mol. The van der Waals surface area contributed by atoms with Crippen LogP contribution in [0.2, 0.25) is 0 Å². The van der Waals surface area contributed by atoms with E-state index in [9.17, 15) is 4.79 Å². The maximum Gasteiger partial charge on any atom is 0.220 e. The number of amides is 1. The molecule has 0 aromatic carbocycles. The molecule has 3 N–H and O–H groups in total. The number of carbonyl (C=O) groups is 1. The van der Waals surface area contributed by atoms with E-state index in [2.05, 4.69) is 28.2 Å². The third kappa shape index (κ3) is 5.26. The van der Waals surface area contributed by atoms with Gasteiger partial charge >= 0.3 is 0 Å². The number of hydrogen-bond donors (Lipinski definition) is 2. The molecule has 2 rings (SSSR count). The van der Waals surface area contributed by atoms with Crippen LogP contribution in [0.4, 0.5) is 0 Å². The van der Waals surface area contributed by atoms with Gasteiger partial charge in [-0.1, -0.05) is 25.0 Å². The summed E-state index contributed by atoms with van der Waals surface area (Å²) >= 11 is 3.37. The lowest BCUT2D eigenvalue weighted by Gasteiger charge is -2.16. The summed E-state index contributed by atoms with van der Waals surface area (Å²) in [5.74, 6) is 0.134. The van der Waals surface area contributed by atoms with E-state index in [1.165, 1.54) is 9.75 Å². The molecule has 2 heterocycles. The molecule has 0 fully saturated rings. The lowest BCUT2D eigenvalue weighted by molar-refractivity contribution is -0.121. The quantitative estimate of drug-likeness (QED) is 0.687. The Balaban J connectivity index is 1.86. The first-order valence-corrected chi connectivity index (χ1v) is 9.13. The van der Waals surface area contributed by atoms with Crippen molar-refractivity contribution >= 4 is 28.6 Å². The Kier molecular flexibility index (Phi) is 6.92. The lowest BCUT2D eigenvalue weighted by atomic mass is 10.1. The van der Waals surface area contributed by atoms with Crippen molar-refractivity contribution in [3.63, 3.8) is 0 Å². The van der Waals surface area contributed by atoms with E-state index in [1.54, 1.807) is 22.7 Å². The van der Waals surface area contributed by atoms with Crippen molar-refractivity contribution in [2.45, 2.75) is 38.1 Å². The smallest absolute Gasteiger partial charge is 0.220 e. The Bertz CT molecular complexity index is 474. The van der Waals surface area contributed by atoms with Crippen LogP contribution < -0.4 is 11.1 Å². The van der Waals surface area contributed by atoms with Gasteiger partial charge in [0.05, 0.1) is 6.04 Å². The van der Waals surface area contributed by atoms with Gasteiger partial charge < -0.3 is 11.1 Å². The van der Waals surface area contributed by atoms with Gasteiger partial charge in [0.1, 0.15) is 0 Å². The van der Waals surface area contributed by atoms with Gasteiger partial charge in [-0.3, -0.25) is 4.79 Å². The zero-order valence-electron chi connectivity index (χ0n) is 12.1. The standard InChI is InChI=1S/C16H22N2OS2/c17-10-4-2-1-3-9-15(19)18-16(13-7-5-11-20-13)14-8-6-12-21-14/h5-8,11-12,16H,1-4,9-10,17H2,(H,18,19). The monoisotopic (exact) mass is 322 g/mol. The molecule has 0 radical (unpaired) electrons. The maximum atomic E-state index is 12.2. The fourth-order valence-corrected chi connectivity index (χ4v) is 3.87. The summed E-state index contributed by atoms with van der Waals surface area (Å²) in [4.78, 5) is 14.5. The van der Waals surface area contributed by atoms with E-state index in [0.29, 0.717) is 6.42 Å². The van der Waals surface area contributed by atoms with E-state index in [-0.39, 0.29) is 11.9 Å². The minimum atomic E-state index is 0.00143. The van der Waals surface area contributed by atoms with Gasteiger partial charge in [0.25, 0.3) is 0 Å². The first-order valence-electron chi connectivity index (χ1n) is 7.37. The molecule has 21 heavy (non-hydrogen) atoms. The molecular formula is C16H22N2OS2. The summed E-state index contributed by atoms with van der Waals surface area (Å²) in [5, 5.41) is 7.27. The minimum Gasteiger partial charge on any atom is -0.344 e. The van der Waals surface area contributed by atoms with E-state index in [4.69, 9.17) is 5.73 Å². The third-order valence-electron chi connectivity index (χ3n) is 3.32. The van der Waals surface area contributed by atoms with Crippen LogP contribution in [0.1, 0.15) is 47.9 Å². The molecule has 0 saturated heterocycles. The lowest BCUT2D eigenvalue weighted by Crippen LogP contribution is -2.28. The number of unbranched alkanes of at least 4 members (excludes halogenated alkanes) is 3. The van der Waals surface area contributed by atoms with E-state index in [1.807, 2.05) is 12.1 Å². The molecule has 0 spiro atoms. The molecule has 2 aromatic heterocycles. The molecule has 114 valence electrons. The van der Waals surface area contributed by atoms with E-state index in [0.717, 1.165) is 32.2 Å². The van der Waals surface area contributed by atoms with Gasteiger partial charge in [-0.25, -0.2) is 0 Å². The summed E-state index contributed by atoms with van der Waals surface area (Å²) in [7, 11) is 0. The average Bonchev–Trinajstić information content (AvgIpc) is 3.18. The Morgan fingerprint density at radius 3 is 2.19 bits per heavy atom. The van der Waals surface area contributed by atoms with Crippen LogP contribution in [0.3, 0.4) is 0 Å². The molecule has 0 atom stereocenters. The highest BCUT2D eigenvalue weighted by Crippen LogP contribution is 2.29. The number of nitrogens with one attached hydrogen (secondary N) is 1. The Morgan fingerprint density at radius 1 is 1.05 bits per heavy atom. The van der Waals surface area contributed by atoms with Crippen molar-refractivity contribution in [2.75, 3.05) is 6.54 Å². The molecule has 0 aliphatic rings. The van der Waals surface area contributed by atoms with E-state index < -0.39 is 0 Å². The molecule has 2 aromatic rings. The second kappa shape index (κ2) is 8.97. The first kappa shape index (κ1) is 16.2. The number of hydrogen-bond acceptors (Lipinski definition) is 4. The zero-order valence-corrected chi connectivity index (χ0v) is 13.7. The number of thiophene rings is 2. The Labute approximate surface area is 134 Å². The third-order valence-corrected chi connectivity index (χ3v) is 5.19. The fraction of sp³-hybridized carbons (Fsp3) is 0.438. The van der Waals surface area contributed by atoms with Gasteiger partial charge in [0.15, 0.2) is 0 Å². The molecule has 0 aliphatic carbocycles. The van der Waals surface area contributed by atoms with Crippen LogP contribution in [0.25, 0.3) is 0 Å². The normalized spacial score (nSPS) is 11.0. The number of nitrogens with two attached hydrogens (primary N) is 1. The summed E-state index contributed by atoms with van der Waals surface area (Å²) in [6.45, 7) is 0.741. The summed E-state index contributed by atoms with van der Waals surface area (Å²) in [6.07, 6.45) is 4.77. The Hall–Kier alpha value is -1.17. The molecule has 0 aliphatic heterocycles. The molecular weight excluding hydrogens is 300 g/mol. The van der Waals surface area contributed by atoms with Crippen LogP contribution in [0, 0.1) is 0 Å². The molecule has 5 heteroatoms. The predicted octanol–water partition coefficient (Wildman–Crippen LogP) is 3.92. The second-order valence-corrected chi connectivity index (χ2v) is 6.94. The van der Waals surface area contributed by atoms with Crippen molar-refractivity contribution in [3.05, 3.63) is 44.8 Å². The highest BCUT2D eigenvalue weighted by Gasteiger charge is 2.18. The van der Waals surface area contributed by atoms with Crippen LogP contribution in [-0.4, -0.2) is 12.5 Å². The zero-order chi connectivity index (χ0) is 14.9. The van der Waals surface area contributed by atoms with Gasteiger partial charge in [-0.05, 0) is 42.3 Å². The van der Waals surface area contributed by atoms with Gasteiger partial charge in [-0.15, -0.1) is 22.7 Å². The maximum absolute atomic E-state index is 12.2. The van der Waals surface area contributed by atoms with Gasteiger partial charge in [0, 0.05) is 16.2 Å². The van der Waals surface area contributed by atoms with Crippen LogP contribution in [0.5, 0.6) is 0 Å². The van der Waals surface area contributed by atoms with Crippen molar-refractivity contribution < 1.29 is 4.79 Å². The van der Waals surface area contributed by atoms with Crippen LogP contribution in [0.15, 0.2) is 35.0 Å². The van der Waals surface area contributed by atoms with Crippen molar-refractivity contribution in [1.82, 2.24) is 5.32 Å². The molecule has 0 saturated carbocycles. The molecule has 1 amide bonds.